The summed E-state index contributed by atoms with van der Waals surface area (Å²) >= 11 is 1.91. The standard InChI is InChI=1S/C10H21NS/c1-4-6-7-10(9-12-3)11-8-5-2/h4,10-11H,1,5-9H2,2-3H3. The van der Waals surface area contributed by atoms with Crippen molar-refractivity contribution in [3.63, 3.8) is 0 Å². The molecule has 1 N–H and O–H groups in total. The van der Waals surface area contributed by atoms with Crippen LogP contribution in [-0.4, -0.2) is 24.6 Å². The summed E-state index contributed by atoms with van der Waals surface area (Å²) in [5, 5.41) is 3.54. The Balaban J connectivity index is 3.46. The second-order valence-corrected chi connectivity index (χ2v) is 3.88. The molecule has 1 unspecified atom stereocenters. The number of hydrogen-bond donors (Lipinski definition) is 1. The molecule has 0 rings (SSSR count). The van der Waals surface area contributed by atoms with Crippen LogP contribution in [0.4, 0.5) is 0 Å². The maximum atomic E-state index is 3.74. The fourth-order valence-electron chi connectivity index (χ4n) is 1.11. The lowest BCUT2D eigenvalue weighted by atomic mass is 10.2. The summed E-state index contributed by atoms with van der Waals surface area (Å²) in [5.74, 6) is 1.22. The van der Waals surface area contributed by atoms with Gasteiger partial charge in [0.1, 0.15) is 0 Å². The average Bonchev–Trinajstić information content (AvgIpc) is 2.10. The molecule has 1 atom stereocenters. The number of rotatable bonds is 8. The summed E-state index contributed by atoms with van der Waals surface area (Å²) in [6.07, 6.45) is 7.74. The minimum absolute atomic E-state index is 0.679. The largest absolute Gasteiger partial charge is 0.313 e. The van der Waals surface area contributed by atoms with E-state index in [1.807, 2.05) is 17.8 Å². The highest BCUT2D eigenvalue weighted by molar-refractivity contribution is 7.98. The van der Waals surface area contributed by atoms with Gasteiger partial charge >= 0.3 is 0 Å². The Morgan fingerprint density at radius 2 is 2.33 bits per heavy atom. The van der Waals surface area contributed by atoms with E-state index in [1.165, 1.54) is 18.6 Å². The summed E-state index contributed by atoms with van der Waals surface area (Å²) in [4.78, 5) is 0. The highest BCUT2D eigenvalue weighted by Gasteiger charge is 2.04. The molecular formula is C10H21NS. The maximum absolute atomic E-state index is 3.74. The fourth-order valence-corrected chi connectivity index (χ4v) is 1.80. The first kappa shape index (κ1) is 12.0. The molecule has 1 nitrogen and oxygen atoms in total. The third-order valence-corrected chi connectivity index (χ3v) is 2.51. The van der Waals surface area contributed by atoms with Gasteiger partial charge in [0.25, 0.3) is 0 Å². The predicted octanol–water partition coefficient (Wildman–Crippen LogP) is 2.68. The molecule has 12 heavy (non-hydrogen) atoms. The lowest BCUT2D eigenvalue weighted by molar-refractivity contribution is 0.524. The first-order chi connectivity index (χ1) is 5.85. The van der Waals surface area contributed by atoms with Crippen molar-refractivity contribution in [1.29, 1.82) is 0 Å². The molecule has 0 saturated carbocycles. The van der Waals surface area contributed by atoms with Crippen LogP contribution in [0.3, 0.4) is 0 Å². The number of nitrogens with one attached hydrogen (secondary N) is 1. The molecule has 0 radical (unpaired) electrons. The molecule has 0 aliphatic rings. The highest BCUT2D eigenvalue weighted by atomic mass is 32.2. The van der Waals surface area contributed by atoms with Crippen LogP contribution in [0.2, 0.25) is 0 Å². The van der Waals surface area contributed by atoms with Crippen LogP contribution in [0, 0.1) is 0 Å². The summed E-state index contributed by atoms with van der Waals surface area (Å²) in [6.45, 7) is 7.08. The topological polar surface area (TPSA) is 12.0 Å². The minimum Gasteiger partial charge on any atom is -0.313 e. The van der Waals surface area contributed by atoms with Gasteiger partial charge < -0.3 is 5.32 Å². The molecule has 0 fully saturated rings. The number of hydrogen-bond acceptors (Lipinski definition) is 2. The Morgan fingerprint density at radius 3 is 2.83 bits per heavy atom. The quantitative estimate of drug-likeness (QED) is 0.586. The van der Waals surface area contributed by atoms with Gasteiger partial charge in [-0.15, -0.1) is 6.58 Å². The molecule has 72 valence electrons. The molecule has 0 saturated heterocycles. The normalized spacial score (nSPS) is 12.8. The molecule has 0 heterocycles. The van der Waals surface area contributed by atoms with E-state index in [-0.39, 0.29) is 0 Å². The van der Waals surface area contributed by atoms with Crippen LogP contribution in [-0.2, 0) is 0 Å². The van der Waals surface area contributed by atoms with Crippen molar-refractivity contribution in [3.8, 4) is 0 Å². The molecule has 0 aromatic carbocycles. The van der Waals surface area contributed by atoms with Crippen molar-refractivity contribution < 1.29 is 0 Å². The van der Waals surface area contributed by atoms with Gasteiger partial charge in [0, 0.05) is 11.8 Å². The molecule has 0 bridgehead atoms. The zero-order valence-electron chi connectivity index (χ0n) is 8.31. The van der Waals surface area contributed by atoms with E-state index >= 15 is 0 Å². The van der Waals surface area contributed by atoms with Crippen molar-refractivity contribution in [1.82, 2.24) is 5.32 Å². The molecule has 0 aromatic heterocycles. The molecule has 0 spiro atoms. The lowest BCUT2D eigenvalue weighted by Gasteiger charge is -2.16. The third-order valence-electron chi connectivity index (χ3n) is 1.77. The molecule has 0 aliphatic carbocycles. The van der Waals surface area contributed by atoms with Gasteiger partial charge in [-0.3, -0.25) is 0 Å². The van der Waals surface area contributed by atoms with E-state index in [4.69, 9.17) is 0 Å². The van der Waals surface area contributed by atoms with Crippen molar-refractivity contribution in [2.24, 2.45) is 0 Å². The van der Waals surface area contributed by atoms with E-state index in [2.05, 4.69) is 25.1 Å². The van der Waals surface area contributed by atoms with E-state index < -0.39 is 0 Å². The van der Waals surface area contributed by atoms with E-state index in [0.717, 1.165) is 13.0 Å². The number of allylic oxidation sites excluding steroid dienone is 1. The Morgan fingerprint density at radius 1 is 1.58 bits per heavy atom. The van der Waals surface area contributed by atoms with Crippen molar-refractivity contribution >= 4 is 11.8 Å². The second kappa shape index (κ2) is 9.14. The Labute approximate surface area is 81.0 Å². The summed E-state index contributed by atoms with van der Waals surface area (Å²) in [6, 6.07) is 0.679. The Hall–Kier alpha value is 0.0500. The summed E-state index contributed by atoms with van der Waals surface area (Å²) in [7, 11) is 0. The van der Waals surface area contributed by atoms with Gasteiger partial charge in [0.2, 0.25) is 0 Å². The molecule has 0 aliphatic heterocycles. The monoisotopic (exact) mass is 187 g/mol. The maximum Gasteiger partial charge on any atom is 0.0161 e. The highest BCUT2D eigenvalue weighted by Crippen LogP contribution is 2.04. The van der Waals surface area contributed by atoms with Gasteiger partial charge in [-0.25, -0.2) is 0 Å². The van der Waals surface area contributed by atoms with Crippen molar-refractivity contribution in [3.05, 3.63) is 12.7 Å². The van der Waals surface area contributed by atoms with Gasteiger partial charge in [0.15, 0.2) is 0 Å². The van der Waals surface area contributed by atoms with Crippen molar-refractivity contribution in [2.75, 3.05) is 18.6 Å². The van der Waals surface area contributed by atoms with Crippen LogP contribution in [0.5, 0.6) is 0 Å². The smallest absolute Gasteiger partial charge is 0.0161 e. The molecule has 0 aromatic rings. The number of thioether (sulfide) groups is 1. The van der Waals surface area contributed by atoms with Crippen LogP contribution in [0.25, 0.3) is 0 Å². The van der Waals surface area contributed by atoms with Crippen LogP contribution in [0.15, 0.2) is 12.7 Å². The lowest BCUT2D eigenvalue weighted by Crippen LogP contribution is -2.31. The molecule has 0 amide bonds. The summed E-state index contributed by atoms with van der Waals surface area (Å²) in [5.41, 5.74) is 0. The Kier molecular flexibility index (Phi) is 9.18. The zero-order chi connectivity index (χ0) is 9.23. The van der Waals surface area contributed by atoms with Crippen LogP contribution in [0.1, 0.15) is 26.2 Å². The van der Waals surface area contributed by atoms with Gasteiger partial charge in [-0.1, -0.05) is 13.0 Å². The SMILES string of the molecule is C=CCCC(CSC)NCCC. The van der Waals surface area contributed by atoms with Gasteiger partial charge in [0.05, 0.1) is 0 Å². The van der Waals surface area contributed by atoms with Crippen LogP contribution >= 0.6 is 11.8 Å². The first-order valence-corrected chi connectivity index (χ1v) is 6.07. The zero-order valence-corrected chi connectivity index (χ0v) is 9.12. The van der Waals surface area contributed by atoms with Gasteiger partial charge in [-0.2, -0.15) is 11.8 Å². The minimum atomic E-state index is 0.679. The molecule has 2 heteroatoms. The Bertz CT molecular complexity index is 104. The van der Waals surface area contributed by atoms with E-state index in [1.54, 1.807) is 0 Å². The van der Waals surface area contributed by atoms with E-state index in [0.29, 0.717) is 6.04 Å². The van der Waals surface area contributed by atoms with E-state index in [9.17, 15) is 0 Å². The van der Waals surface area contributed by atoms with Crippen LogP contribution < -0.4 is 5.32 Å². The second-order valence-electron chi connectivity index (χ2n) is 2.97. The van der Waals surface area contributed by atoms with Crippen molar-refractivity contribution in [2.45, 2.75) is 32.2 Å². The molecular weight excluding hydrogens is 166 g/mol. The first-order valence-electron chi connectivity index (χ1n) is 4.68. The predicted molar refractivity (Wildman–Crippen MR) is 59.9 cm³/mol. The van der Waals surface area contributed by atoms with Gasteiger partial charge in [-0.05, 0) is 32.1 Å². The summed E-state index contributed by atoms with van der Waals surface area (Å²) < 4.78 is 0. The average molecular weight is 187 g/mol. The fraction of sp³-hybridized carbons (Fsp3) is 0.800. The third kappa shape index (κ3) is 6.74.